The van der Waals surface area contributed by atoms with E-state index in [1.165, 1.54) is 0 Å². The van der Waals surface area contributed by atoms with Crippen LogP contribution in [0.2, 0.25) is 0 Å². The van der Waals surface area contributed by atoms with E-state index < -0.39 is 41.0 Å². The molecule has 3 atom stereocenters. The summed E-state index contributed by atoms with van der Waals surface area (Å²) in [5.41, 5.74) is -0.496. The Kier molecular flexibility index (Phi) is 10.6. The van der Waals surface area contributed by atoms with Gasteiger partial charge in [-0.15, -0.1) is 0 Å². The molecule has 10 heteroatoms. The molecule has 0 aromatic heterocycles. The second-order valence-electron chi connectivity index (χ2n) is 11.4. The number of amides is 2. The number of alkyl halides is 1. The second-order valence-corrected chi connectivity index (χ2v) is 12.1. The number of halogens is 1. The lowest BCUT2D eigenvalue weighted by molar-refractivity contribution is -0.145. The number of nitrogens with zero attached hydrogens (tertiary/aromatic N) is 1. The van der Waals surface area contributed by atoms with Crippen molar-refractivity contribution in [3.05, 3.63) is 53.8 Å². The van der Waals surface area contributed by atoms with Gasteiger partial charge in [0.1, 0.15) is 35.3 Å². The summed E-state index contributed by atoms with van der Waals surface area (Å²) in [5.74, 6) is -1.80. The maximum Gasteiger partial charge on any atom is 0.418 e. The van der Waals surface area contributed by atoms with E-state index in [2.05, 4.69) is 22.5 Å². The minimum absolute atomic E-state index is 0.0469. The first-order chi connectivity index (χ1) is 18.8. The van der Waals surface area contributed by atoms with Crippen molar-refractivity contribution in [1.29, 1.82) is 0 Å². The van der Waals surface area contributed by atoms with Gasteiger partial charge < -0.3 is 24.1 Å². The molecule has 0 bridgehead atoms. The van der Waals surface area contributed by atoms with E-state index in [1.807, 2.05) is 13.8 Å². The number of ether oxygens (including phenoxy) is 4. The molecule has 1 N–H and O–H groups in total. The predicted molar refractivity (Wildman–Crippen MR) is 153 cm³/mol. The van der Waals surface area contributed by atoms with Crippen LogP contribution in [0.15, 0.2) is 48.3 Å². The molecule has 0 saturated carbocycles. The Morgan fingerprint density at radius 3 is 2.40 bits per heavy atom. The average Bonchev–Trinajstić information content (AvgIpc) is 3.30. The lowest BCUT2D eigenvalue weighted by atomic mass is 10.00. The first-order valence-electron chi connectivity index (χ1n) is 13.5. The first-order valence-corrected chi connectivity index (χ1v) is 14.7. The number of imide groups is 1. The van der Waals surface area contributed by atoms with E-state index in [-0.39, 0.29) is 30.6 Å². The summed E-state index contributed by atoms with van der Waals surface area (Å²) < 4.78 is 22.8. The van der Waals surface area contributed by atoms with E-state index in [1.54, 1.807) is 51.1 Å². The average molecular weight is 623 g/mol. The molecule has 3 rings (SSSR count). The van der Waals surface area contributed by atoms with Gasteiger partial charge in [0.15, 0.2) is 11.6 Å². The molecule has 2 amide bonds. The van der Waals surface area contributed by atoms with Crippen molar-refractivity contribution in [1.82, 2.24) is 4.90 Å². The molecule has 1 aromatic rings. The molecule has 0 aliphatic carbocycles. The van der Waals surface area contributed by atoms with Crippen molar-refractivity contribution in [2.75, 3.05) is 11.9 Å². The van der Waals surface area contributed by atoms with Crippen molar-refractivity contribution in [2.45, 2.75) is 96.4 Å². The summed E-state index contributed by atoms with van der Waals surface area (Å²) in [6.45, 7) is 12.8. The SMILES string of the molecule is C=CCOc1ccc(C[C@H]2C(O)=C(C(=O)CCCC[C@@H]3OC(C)(C)O[C@H]3CBr)C(=O)N2C(=O)OC(C)(C)C)cc1. The fourth-order valence-corrected chi connectivity index (χ4v) is 5.32. The number of hydrogen-bond acceptors (Lipinski definition) is 8. The van der Waals surface area contributed by atoms with Crippen molar-refractivity contribution in [3.63, 3.8) is 0 Å². The highest BCUT2D eigenvalue weighted by atomic mass is 79.9. The van der Waals surface area contributed by atoms with Gasteiger partial charge >= 0.3 is 6.09 Å². The Morgan fingerprint density at radius 1 is 1.15 bits per heavy atom. The number of aliphatic hydroxyl groups is 1. The number of rotatable bonds is 12. The summed E-state index contributed by atoms with van der Waals surface area (Å²) in [6.07, 6.45) is 2.53. The quantitative estimate of drug-likeness (QED) is 0.135. The minimum Gasteiger partial charge on any atom is -0.509 e. The number of hydrogen-bond donors (Lipinski definition) is 1. The molecule has 2 heterocycles. The van der Waals surface area contributed by atoms with Crippen molar-refractivity contribution >= 4 is 33.7 Å². The van der Waals surface area contributed by atoms with Crippen molar-refractivity contribution < 1.29 is 38.4 Å². The zero-order valence-electron chi connectivity index (χ0n) is 23.9. The second kappa shape index (κ2) is 13.3. The monoisotopic (exact) mass is 621 g/mol. The maximum atomic E-state index is 13.4. The van der Waals surface area contributed by atoms with Gasteiger partial charge in [-0.3, -0.25) is 9.59 Å². The lowest BCUT2D eigenvalue weighted by Gasteiger charge is -2.27. The highest BCUT2D eigenvalue weighted by Gasteiger charge is 2.47. The van der Waals surface area contributed by atoms with E-state index in [0.717, 1.165) is 10.5 Å². The van der Waals surface area contributed by atoms with Crippen LogP contribution in [0, 0.1) is 0 Å². The maximum absolute atomic E-state index is 13.4. The Labute approximate surface area is 244 Å². The Morgan fingerprint density at radius 2 is 1.80 bits per heavy atom. The third kappa shape index (κ3) is 8.17. The molecule has 9 nitrogen and oxygen atoms in total. The molecule has 0 unspecified atom stereocenters. The fraction of sp³-hybridized carbons (Fsp3) is 0.567. The van der Waals surface area contributed by atoms with Gasteiger partial charge in [-0.25, -0.2) is 9.69 Å². The largest absolute Gasteiger partial charge is 0.509 e. The summed E-state index contributed by atoms with van der Waals surface area (Å²) >= 11 is 3.45. The molecule has 1 fully saturated rings. The standard InChI is InChI=1S/C30H40BrNO8/c1-7-16-37-20-14-12-19(13-15-20)17-21-26(34)25(27(35)32(21)28(36)40-29(2,3)4)22(33)10-8-9-11-23-24(18-31)39-30(5,6)38-23/h7,12-15,21,23-24,34H,1,8-11,16-18H2,2-6H3/t21-,23-,24-/m0/s1. The van der Waals surface area contributed by atoms with Gasteiger partial charge in [0.25, 0.3) is 5.91 Å². The van der Waals surface area contributed by atoms with Gasteiger partial charge in [0, 0.05) is 18.2 Å². The zero-order valence-corrected chi connectivity index (χ0v) is 25.5. The first kappa shape index (κ1) is 31.8. The molecular weight excluding hydrogens is 582 g/mol. The lowest BCUT2D eigenvalue weighted by Crippen LogP contribution is -2.45. The van der Waals surface area contributed by atoms with Gasteiger partial charge in [-0.2, -0.15) is 0 Å². The Hall–Kier alpha value is -2.69. The number of carbonyl (C=O) groups is 3. The van der Waals surface area contributed by atoms with Crippen molar-refractivity contribution in [3.8, 4) is 5.75 Å². The van der Waals surface area contributed by atoms with Crippen LogP contribution in [-0.4, -0.2) is 69.4 Å². The van der Waals surface area contributed by atoms with Crippen LogP contribution in [0.1, 0.15) is 65.9 Å². The molecule has 0 radical (unpaired) electrons. The zero-order chi connectivity index (χ0) is 29.7. The number of Topliss-reactive ketones (excluding diaryl/α,β-unsaturated/α-hetero) is 1. The van der Waals surface area contributed by atoms with E-state index >= 15 is 0 Å². The summed E-state index contributed by atoms with van der Waals surface area (Å²) in [4.78, 5) is 40.4. The number of ketones is 1. The number of carbonyl (C=O) groups excluding carboxylic acids is 3. The van der Waals surface area contributed by atoms with Crippen LogP contribution in [0.25, 0.3) is 0 Å². The highest BCUT2D eigenvalue weighted by Crippen LogP contribution is 2.33. The normalized spacial score (nSPS) is 22.5. The molecule has 2 aliphatic rings. The summed E-state index contributed by atoms with van der Waals surface area (Å²) in [5, 5.41) is 11.7. The molecule has 2 aliphatic heterocycles. The van der Waals surface area contributed by atoms with Gasteiger partial charge in [0.2, 0.25) is 0 Å². The van der Waals surface area contributed by atoms with Gasteiger partial charge in [0.05, 0.1) is 12.2 Å². The minimum atomic E-state index is -1.06. The summed E-state index contributed by atoms with van der Waals surface area (Å²) in [6, 6.07) is 5.99. The Bertz CT molecular complexity index is 1120. The number of aliphatic hydroxyl groups excluding tert-OH is 1. The third-order valence-electron chi connectivity index (χ3n) is 6.49. The molecular formula is C30H40BrNO8. The topological polar surface area (TPSA) is 112 Å². The molecule has 1 saturated heterocycles. The smallest absolute Gasteiger partial charge is 0.418 e. The predicted octanol–water partition coefficient (Wildman–Crippen LogP) is 5.80. The van der Waals surface area contributed by atoms with Crippen molar-refractivity contribution in [2.24, 2.45) is 0 Å². The highest BCUT2D eigenvalue weighted by molar-refractivity contribution is 9.09. The van der Waals surface area contributed by atoms with Crippen LogP contribution in [0.4, 0.5) is 4.79 Å². The van der Waals surface area contributed by atoms with Crippen LogP contribution >= 0.6 is 15.9 Å². The molecule has 40 heavy (non-hydrogen) atoms. The number of benzene rings is 1. The molecule has 1 aromatic carbocycles. The van der Waals surface area contributed by atoms with E-state index in [0.29, 0.717) is 36.9 Å². The van der Waals surface area contributed by atoms with Crippen LogP contribution in [-0.2, 0) is 30.2 Å². The van der Waals surface area contributed by atoms with E-state index in [4.69, 9.17) is 18.9 Å². The van der Waals surface area contributed by atoms with Gasteiger partial charge in [-0.05, 0) is 65.2 Å². The summed E-state index contributed by atoms with van der Waals surface area (Å²) in [7, 11) is 0. The van der Waals surface area contributed by atoms with E-state index in [9.17, 15) is 19.5 Å². The van der Waals surface area contributed by atoms with Gasteiger partial charge in [-0.1, -0.05) is 47.1 Å². The van der Waals surface area contributed by atoms with Crippen LogP contribution < -0.4 is 4.74 Å². The third-order valence-corrected chi connectivity index (χ3v) is 7.12. The molecule has 0 spiro atoms. The fourth-order valence-electron chi connectivity index (χ4n) is 4.77. The molecule has 220 valence electrons. The van der Waals surface area contributed by atoms with Crippen LogP contribution in [0.5, 0.6) is 5.75 Å². The van der Waals surface area contributed by atoms with Crippen LogP contribution in [0.3, 0.4) is 0 Å². The number of unbranched alkanes of at least 4 members (excludes halogenated alkanes) is 1. The Balaban J connectivity index is 1.72.